The van der Waals surface area contributed by atoms with E-state index in [0.717, 1.165) is 63.2 Å². The lowest BCUT2D eigenvalue weighted by Gasteiger charge is -2.41. The molecule has 2 atom stereocenters. The summed E-state index contributed by atoms with van der Waals surface area (Å²) in [7, 11) is 0. The van der Waals surface area contributed by atoms with Gasteiger partial charge < -0.3 is 14.4 Å². The molecule has 3 heterocycles. The van der Waals surface area contributed by atoms with Gasteiger partial charge in [0, 0.05) is 11.0 Å². The van der Waals surface area contributed by atoms with Crippen molar-refractivity contribution < 1.29 is 18.3 Å². The van der Waals surface area contributed by atoms with E-state index in [4.69, 9.17) is 14.5 Å². The predicted molar refractivity (Wildman–Crippen MR) is 151 cm³/mol. The zero-order valence-electron chi connectivity index (χ0n) is 21.4. The molecule has 0 saturated heterocycles. The zero-order chi connectivity index (χ0) is 26.5. The molecule has 7 rings (SSSR count). The van der Waals surface area contributed by atoms with Crippen molar-refractivity contribution in [1.29, 1.82) is 0 Å². The van der Waals surface area contributed by atoms with Gasteiger partial charge in [-0.15, -0.1) is 0 Å². The van der Waals surface area contributed by atoms with Crippen LogP contribution in [0.2, 0.25) is 0 Å². The Balaban J connectivity index is 1.36. The first-order valence-corrected chi connectivity index (χ1v) is 14.0. The highest BCUT2D eigenvalue weighted by Gasteiger charge is 2.41. The first-order chi connectivity index (χ1) is 19.0. The molecule has 0 saturated carbocycles. The molecule has 4 aliphatic rings. The van der Waals surface area contributed by atoms with Gasteiger partial charge >= 0.3 is 0 Å². The minimum atomic E-state index is -0.259. The standard InChI is InChI=1S/C32H26F2N2O2S/c1-19-14-23(16-20-2-7-24(33)8-3-20)30-26(15-19)31(21-4-9-25(34)10-5-21)36-27(18-39-32(36)35-30)22-6-11-28-29(17-22)38-13-12-37-28/h2-11,16-19,31H,12-15H2,1H3/b23-16+/t19-,31-/m0/s1. The van der Waals surface area contributed by atoms with Gasteiger partial charge in [0.25, 0.3) is 0 Å². The summed E-state index contributed by atoms with van der Waals surface area (Å²) in [6, 6.07) is 19.3. The van der Waals surface area contributed by atoms with E-state index in [1.165, 1.54) is 29.8 Å². The van der Waals surface area contributed by atoms with Crippen LogP contribution in [0.3, 0.4) is 0 Å². The molecule has 0 N–H and O–H groups in total. The van der Waals surface area contributed by atoms with E-state index in [1.807, 2.05) is 24.3 Å². The van der Waals surface area contributed by atoms with Gasteiger partial charge in [0.05, 0.1) is 17.4 Å². The molecule has 3 aliphatic heterocycles. The second kappa shape index (κ2) is 9.72. The first-order valence-electron chi connectivity index (χ1n) is 13.1. The summed E-state index contributed by atoms with van der Waals surface area (Å²) in [4.78, 5) is 7.49. The number of halogens is 2. The van der Waals surface area contributed by atoms with Crippen molar-refractivity contribution in [2.75, 3.05) is 13.2 Å². The largest absolute Gasteiger partial charge is 0.486 e. The molecule has 196 valence electrons. The van der Waals surface area contributed by atoms with Crippen LogP contribution in [0.1, 0.15) is 42.5 Å². The van der Waals surface area contributed by atoms with Crippen LogP contribution in [0.4, 0.5) is 8.78 Å². The zero-order valence-corrected chi connectivity index (χ0v) is 22.2. The van der Waals surface area contributed by atoms with Crippen molar-refractivity contribution in [3.8, 4) is 11.5 Å². The molecule has 0 radical (unpaired) electrons. The topological polar surface area (TPSA) is 34.1 Å². The third-order valence-electron chi connectivity index (χ3n) is 7.52. The minimum Gasteiger partial charge on any atom is -0.486 e. The van der Waals surface area contributed by atoms with Crippen LogP contribution in [-0.2, 0) is 0 Å². The van der Waals surface area contributed by atoms with Crippen molar-refractivity contribution >= 4 is 28.7 Å². The van der Waals surface area contributed by atoms with E-state index in [1.54, 1.807) is 23.9 Å². The number of aliphatic imine (C=N–C) groups is 1. The van der Waals surface area contributed by atoms with Crippen LogP contribution in [0.15, 0.2) is 94.0 Å². The highest BCUT2D eigenvalue weighted by Crippen LogP contribution is 2.52. The van der Waals surface area contributed by atoms with E-state index in [0.29, 0.717) is 19.1 Å². The van der Waals surface area contributed by atoms with Crippen molar-refractivity contribution in [3.05, 3.63) is 117 Å². The van der Waals surface area contributed by atoms with Gasteiger partial charge in [-0.25, -0.2) is 13.8 Å². The fraction of sp³-hybridized carbons (Fsp3) is 0.219. The third kappa shape index (κ3) is 4.44. The lowest BCUT2D eigenvalue weighted by Crippen LogP contribution is -2.35. The Labute approximate surface area is 230 Å². The Morgan fingerprint density at radius 1 is 0.897 bits per heavy atom. The second-order valence-electron chi connectivity index (χ2n) is 10.3. The van der Waals surface area contributed by atoms with E-state index in [-0.39, 0.29) is 17.7 Å². The van der Waals surface area contributed by atoms with E-state index < -0.39 is 0 Å². The monoisotopic (exact) mass is 540 g/mol. The van der Waals surface area contributed by atoms with E-state index in [9.17, 15) is 8.78 Å². The number of ether oxygens (including phenoxy) is 2. The average Bonchev–Trinajstić information content (AvgIpc) is 3.37. The molecule has 7 heteroatoms. The predicted octanol–water partition coefficient (Wildman–Crippen LogP) is 7.96. The van der Waals surface area contributed by atoms with Crippen molar-refractivity contribution in [1.82, 2.24) is 4.90 Å². The van der Waals surface area contributed by atoms with Gasteiger partial charge in [0.2, 0.25) is 0 Å². The Morgan fingerprint density at radius 3 is 2.38 bits per heavy atom. The van der Waals surface area contributed by atoms with Crippen LogP contribution in [0, 0.1) is 17.6 Å². The number of rotatable bonds is 3. The summed E-state index contributed by atoms with van der Waals surface area (Å²) in [5.41, 5.74) is 7.34. The summed E-state index contributed by atoms with van der Waals surface area (Å²) in [5, 5.41) is 3.01. The molecular weight excluding hydrogens is 514 g/mol. The van der Waals surface area contributed by atoms with Gasteiger partial charge in [0.1, 0.15) is 24.8 Å². The van der Waals surface area contributed by atoms with Crippen molar-refractivity contribution in [2.45, 2.75) is 25.8 Å². The van der Waals surface area contributed by atoms with Gasteiger partial charge in [-0.1, -0.05) is 43.0 Å². The number of benzene rings is 3. The van der Waals surface area contributed by atoms with Crippen LogP contribution in [0.5, 0.6) is 11.5 Å². The first kappa shape index (κ1) is 24.2. The molecule has 3 aromatic rings. The molecule has 1 aliphatic carbocycles. The molecule has 0 bridgehead atoms. The molecular formula is C32H26F2N2O2S. The highest BCUT2D eigenvalue weighted by molar-refractivity contribution is 8.16. The van der Waals surface area contributed by atoms with E-state index in [2.05, 4.69) is 29.4 Å². The number of amidine groups is 1. The lowest BCUT2D eigenvalue weighted by molar-refractivity contribution is 0.171. The maximum atomic E-state index is 14.0. The van der Waals surface area contributed by atoms with Gasteiger partial charge in [-0.3, -0.25) is 0 Å². The molecule has 3 aromatic carbocycles. The molecule has 0 unspecified atom stereocenters. The summed E-state index contributed by atoms with van der Waals surface area (Å²) < 4.78 is 39.2. The van der Waals surface area contributed by atoms with Gasteiger partial charge in [-0.05, 0) is 89.6 Å². The fourth-order valence-corrected chi connectivity index (χ4v) is 6.73. The summed E-state index contributed by atoms with van der Waals surface area (Å²) >= 11 is 1.59. The smallest absolute Gasteiger partial charge is 0.174 e. The number of allylic oxidation sites excluding steroid dienone is 1. The summed E-state index contributed by atoms with van der Waals surface area (Å²) in [5.74, 6) is 1.37. The van der Waals surface area contributed by atoms with Crippen LogP contribution in [0.25, 0.3) is 11.8 Å². The van der Waals surface area contributed by atoms with Crippen LogP contribution in [-0.4, -0.2) is 23.3 Å². The normalized spacial score (nSPS) is 22.8. The van der Waals surface area contributed by atoms with Gasteiger partial charge in [0.15, 0.2) is 16.7 Å². The highest BCUT2D eigenvalue weighted by atomic mass is 32.2. The molecule has 0 spiro atoms. The number of thioether (sulfide) groups is 1. The summed E-state index contributed by atoms with van der Waals surface area (Å²) in [6.07, 6.45) is 3.89. The van der Waals surface area contributed by atoms with E-state index >= 15 is 0 Å². The number of nitrogens with zero attached hydrogens (tertiary/aromatic N) is 2. The Kier molecular flexibility index (Phi) is 6.04. The molecule has 39 heavy (non-hydrogen) atoms. The lowest BCUT2D eigenvalue weighted by atomic mass is 9.78. The second-order valence-corrected chi connectivity index (χ2v) is 11.1. The average molecular weight is 541 g/mol. The third-order valence-corrected chi connectivity index (χ3v) is 8.36. The summed E-state index contributed by atoms with van der Waals surface area (Å²) in [6.45, 7) is 3.32. The molecule has 4 nitrogen and oxygen atoms in total. The van der Waals surface area contributed by atoms with Crippen LogP contribution < -0.4 is 9.47 Å². The fourth-order valence-electron chi connectivity index (χ4n) is 5.81. The van der Waals surface area contributed by atoms with Crippen molar-refractivity contribution in [2.24, 2.45) is 10.9 Å². The SMILES string of the molecule is C[C@@H]1CC2=C(N=C3SC=C(c4ccc5c(c4)OCCO5)N3[C@H]2c2ccc(F)cc2)/C(=C/c2ccc(F)cc2)C1. The van der Waals surface area contributed by atoms with Crippen molar-refractivity contribution in [3.63, 3.8) is 0 Å². The quantitative estimate of drug-likeness (QED) is 0.338. The maximum absolute atomic E-state index is 14.0. The number of hydrogen-bond donors (Lipinski definition) is 0. The minimum absolute atomic E-state index is 0.137. The molecule has 0 aromatic heterocycles. The Hall–Kier alpha value is -3.84. The Bertz CT molecular complexity index is 1570. The van der Waals surface area contributed by atoms with Gasteiger partial charge in [-0.2, -0.15) is 0 Å². The maximum Gasteiger partial charge on any atom is 0.174 e. The number of hydrogen-bond acceptors (Lipinski definition) is 5. The molecule has 0 amide bonds. The number of fused-ring (bicyclic) bond motifs is 2. The Morgan fingerprint density at radius 2 is 1.62 bits per heavy atom. The molecule has 0 fully saturated rings. The van der Waals surface area contributed by atoms with Crippen LogP contribution >= 0.6 is 11.8 Å².